The first-order valence-corrected chi connectivity index (χ1v) is 9.75. The van der Waals surface area contributed by atoms with Crippen molar-refractivity contribution in [2.24, 2.45) is 5.92 Å². The first-order valence-electron chi connectivity index (χ1n) is 8.31. The molecule has 0 spiro atoms. The molecule has 0 radical (unpaired) electrons. The standard InChI is InChI=1S/C16H25N3O3S/c1-3-22-15-6-8-17-11-16(15)23(20,21)19-9-4-5-13-12-18(2)10-7-14(13)19/h6,8,11,13-14H,3-5,7,9-10,12H2,1-2H3. The Morgan fingerprint density at radius 1 is 1.35 bits per heavy atom. The van der Waals surface area contributed by atoms with Crippen molar-refractivity contribution in [1.29, 1.82) is 0 Å². The lowest BCUT2D eigenvalue weighted by atomic mass is 9.85. The molecule has 0 aromatic carbocycles. The normalized spacial score (nSPS) is 26.7. The molecule has 0 bridgehead atoms. The van der Waals surface area contributed by atoms with Gasteiger partial charge in [0.1, 0.15) is 10.6 Å². The monoisotopic (exact) mass is 339 g/mol. The smallest absolute Gasteiger partial charge is 0.248 e. The van der Waals surface area contributed by atoms with Crippen molar-refractivity contribution >= 4 is 10.0 Å². The van der Waals surface area contributed by atoms with Crippen LogP contribution in [0.2, 0.25) is 0 Å². The van der Waals surface area contributed by atoms with Crippen molar-refractivity contribution in [2.45, 2.75) is 37.1 Å². The van der Waals surface area contributed by atoms with E-state index >= 15 is 0 Å². The minimum Gasteiger partial charge on any atom is -0.492 e. The number of sulfonamides is 1. The van der Waals surface area contributed by atoms with E-state index in [1.165, 1.54) is 6.20 Å². The molecule has 2 atom stereocenters. The average molecular weight is 339 g/mol. The van der Waals surface area contributed by atoms with E-state index < -0.39 is 10.0 Å². The van der Waals surface area contributed by atoms with Crippen LogP contribution in [0.3, 0.4) is 0 Å². The minimum atomic E-state index is -3.58. The summed E-state index contributed by atoms with van der Waals surface area (Å²) in [6, 6.07) is 1.73. The second-order valence-electron chi connectivity index (χ2n) is 6.39. The van der Waals surface area contributed by atoms with Gasteiger partial charge in [0.25, 0.3) is 0 Å². The number of hydrogen-bond donors (Lipinski definition) is 0. The molecule has 0 saturated carbocycles. The first kappa shape index (κ1) is 16.7. The molecule has 128 valence electrons. The van der Waals surface area contributed by atoms with Crippen molar-refractivity contribution in [3.63, 3.8) is 0 Å². The Morgan fingerprint density at radius 2 is 2.17 bits per heavy atom. The number of aromatic nitrogens is 1. The van der Waals surface area contributed by atoms with Crippen molar-refractivity contribution in [2.75, 3.05) is 33.3 Å². The summed E-state index contributed by atoms with van der Waals surface area (Å²) in [6.45, 7) is 4.79. The molecule has 2 fully saturated rings. The maximum atomic E-state index is 13.2. The van der Waals surface area contributed by atoms with Crippen molar-refractivity contribution in [3.05, 3.63) is 18.5 Å². The van der Waals surface area contributed by atoms with E-state index in [1.54, 1.807) is 16.6 Å². The zero-order valence-corrected chi connectivity index (χ0v) is 14.6. The highest BCUT2D eigenvalue weighted by Gasteiger charge is 2.42. The van der Waals surface area contributed by atoms with E-state index in [9.17, 15) is 8.42 Å². The fourth-order valence-electron chi connectivity index (χ4n) is 3.80. The SMILES string of the molecule is CCOc1ccncc1S(=O)(=O)N1CCCC2CN(C)CCC21. The van der Waals surface area contributed by atoms with Crippen LogP contribution in [0.1, 0.15) is 26.2 Å². The van der Waals surface area contributed by atoms with Crippen LogP contribution in [0.4, 0.5) is 0 Å². The summed E-state index contributed by atoms with van der Waals surface area (Å²) in [7, 11) is -1.47. The molecule has 23 heavy (non-hydrogen) atoms. The van der Waals surface area contributed by atoms with Crippen LogP contribution < -0.4 is 4.74 Å². The number of likely N-dealkylation sites (tertiary alicyclic amines) is 1. The van der Waals surface area contributed by atoms with Crippen LogP contribution in [0.25, 0.3) is 0 Å². The van der Waals surface area contributed by atoms with Gasteiger partial charge in [-0.3, -0.25) is 4.98 Å². The quantitative estimate of drug-likeness (QED) is 0.833. The Morgan fingerprint density at radius 3 is 2.96 bits per heavy atom. The molecule has 2 saturated heterocycles. The summed E-state index contributed by atoms with van der Waals surface area (Å²) >= 11 is 0. The predicted molar refractivity (Wildman–Crippen MR) is 87.9 cm³/mol. The second kappa shape index (κ2) is 6.75. The van der Waals surface area contributed by atoms with Crippen LogP contribution in [-0.4, -0.2) is 61.9 Å². The van der Waals surface area contributed by atoms with Gasteiger partial charge in [-0.25, -0.2) is 8.42 Å². The fraction of sp³-hybridized carbons (Fsp3) is 0.688. The topological polar surface area (TPSA) is 62.7 Å². The maximum absolute atomic E-state index is 13.2. The Hall–Kier alpha value is -1.18. The van der Waals surface area contributed by atoms with Gasteiger partial charge in [0.05, 0.1) is 12.8 Å². The molecule has 3 heterocycles. The van der Waals surface area contributed by atoms with Gasteiger partial charge in [-0.05, 0) is 51.8 Å². The van der Waals surface area contributed by atoms with Gasteiger partial charge in [-0.15, -0.1) is 0 Å². The highest BCUT2D eigenvalue weighted by atomic mass is 32.2. The van der Waals surface area contributed by atoms with Crippen LogP contribution in [-0.2, 0) is 10.0 Å². The summed E-state index contributed by atoms with van der Waals surface area (Å²) in [5, 5.41) is 0. The molecule has 2 unspecified atom stereocenters. The van der Waals surface area contributed by atoms with Gasteiger partial charge < -0.3 is 9.64 Å². The number of hydrogen-bond acceptors (Lipinski definition) is 5. The third-order valence-corrected chi connectivity index (χ3v) is 6.79. The van der Waals surface area contributed by atoms with Gasteiger partial charge in [-0.1, -0.05) is 0 Å². The Bertz CT molecular complexity index is 650. The maximum Gasteiger partial charge on any atom is 0.248 e. The number of rotatable bonds is 4. The highest BCUT2D eigenvalue weighted by molar-refractivity contribution is 7.89. The molecule has 1 aromatic heterocycles. The number of ether oxygens (including phenoxy) is 1. The molecule has 2 aliphatic rings. The molecule has 3 rings (SSSR count). The highest BCUT2D eigenvalue weighted by Crippen LogP contribution is 2.36. The number of nitrogens with zero attached hydrogens (tertiary/aromatic N) is 3. The molecule has 0 N–H and O–H groups in total. The average Bonchev–Trinajstić information content (AvgIpc) is 2.54. The van der Waals surface area contributed by atoms with Crippen molar-refractivity contribution in [1.82, 2.24) is 14.2 Å². The molecule has 6 nitrogen and oxygen atoms in total. The molecule has 0 amide bonds. The van der Waals surface area contributed by atoms with Gasteiger partial charge in [0, 0.05) is 25.3 Å². The van der Waals surface area contributed by atoms with Crippen LogP contribution in [0.15, 0.2) is 23.4 Å². The minimum absolute atomic E-state index is 0.0969. The molecular weight excluding hydrogens is 314 g/mol. The van der Waals surface area contributed by atoms with E-state index in [0.29, 0.717) is 24.8 Å². The Kier molecular flexibility index (Phi) is 4.89. The van der Waals surface area contributed by atoms with E-state index in [1.807, 2.05) is 6.92 Å². The van der Waals surface area contributed by atoms with Crippen molar-refractivity contribution < 1.29 is 13.2 Å². The molecule has 2 aliphatic heterocycles. The largest absolute Gasteiger partial charge is 0.492 e. The number of fused-ring (bicyclic) bond motifs is 1. The van der Waals surface area contributed by atoms with Gasteiger partial charge in [0.15, 0.2) is 0 Å². The summed E-state index contributed by atoms with van der Waals surface area (Å²) < 4.78 is 33.6. The van der Waals surface area contributed by atoms with Crippen LogP contribution >= 0.6 is 0 Å². The third-order valence-electron chi connectivity index (χ3n) is 4.85. The van der Waals surface area contributed by atoms with Crippen LogP contribution in [0, 0.1) is 5.92 Å². The number of piperidine rings is 2. The van der Waals surface area contributed by atoms with Gasteiger partial charge >= 0.3 is 0 Å². The molecular formula is C16H25N3O3S. The van der Waals surface area contributed by atoms with Gasteiger partial charge in [0.2, 0.25) is 10.0 Å². The van der Waals surface area contributed by atoms with E-state index in [4.69, 9.17) is 4.74 Å². The Balaban J connectivity index is 1.93. The summed E-state index contributed by atoms with van der Waals surface area (Å²) in [6.07, 6.45) is 5.90. The summed E-state index contributed by atoms with van der Waals surface area (Å²) in [5.74, 6) is 0.821. The lowest BCUT2D eigenvalue weighted by Gasteiger charge is -2.45. The fourth-order valence-corrected chi connectivity index (χ4v) is 5.63. The lowest BCUT2D eigenvalue weighted by molar-refractivity contribution is 0.0819. The predicted octanol–water partition coefficient (Wildman–Crippen LogP) is 1.59. The molecule has 7 heteroatoms. The lowest BCUT2D eigenvalue weighted by Crippen LogP contribution is -2.54. The van der Waals surface area contributed by atoms with E-state index in [2.05, 4.69) is 16.9 Å². The third kappa shape index (κ3) is 3.22. The van der Waals surface area contributed by atoms with E-state index in [-0.39, 0.29) is 10.9 Å². The summed E-state index contributed by atoms with van der Waals surface area (Å²) in [4.78, 5) is 6.51. The summed E-state index contributed by atoms with van der Waals surface area (Å²) in [5.41, 5.74) is 0. The van der Waals surface area contributed by atoms with Gasteiger partial charge in [-0.2, -0.15) is 4.31 Å². The zero-order chi connectivity index (χ0) is 16.4. The van der Waals surface area contributed by atoms with Crippen LogP contribution in [0.5, 0.6) is 5.75 Å². The van der Waals surface area contributed by atoms with E-state index in [0.717, 1.165) is 32.4 Å². The first-order chi connectivity index (χ1) is 11.0. The number of pyridine rings is 1. The molecule has 1 aromatic rings. The molecule has 0 aliphatic carbocycles. The second-order valence-corrected chi connectivity index (χ2v) is 8.25. The van der Waals surface area contributed by atoms with Crippen molar-refractivity contribution in [3.8, 4) is 5.75 Å². The zero-order valence-electron chi connectivity index (χ0n) is 13.8. The Labute approximate surface area is 138 Å².